The number of nitrogens with one attached hydrogen (secondary N) is 1. The minimum absolute atomic E-state index is 0.0308. The Labute approximate surface area is 143 Å². The molecule has 0 unspecified atom stereocenters. The number of aromatic nitrogens is 1. The van der Waals surface area contributed by atoms with Gasteiger partial charge in [0.25, 0.3) is 11.5 Å². The molecule has 0 spiro atoms. The van der Waals surface area contributed by atoms with Gasteiger partial charge < -0.3 is 0 Å². The zero-order chi connectivity index (χ0) is 17.5. The van der Waals surface area contributed by atoms with Crippen LogP contribution in [0.25, 0.3) is 5.70 Å². The quantitative estimate of drug-likeness (QED) is 0.233. The fourth-order valence-electron chi connectivity index (χ4n) is 2.02. The zero-order valence-corrected chi connectivity index (χ0v) is 13.1. The number of halogens is 1. The number of allylic oxidation sites excluding steroid dienone is 3. The van der Waals surface area contributed by atoms with E-state index in [4.69, 9.17) is 22.3 Å². The number of nitriles is 2. The number of ketones is 1. The number of carbonyl (C=O) groups is 1. The molecule has 0 aliphatic carbocycles. The smallest absolute Gasteiger partial charge is 0.278 e. The van der Waals surface area contributed by atoms with Crippen LogP contribution < -0.4 is 4.57 Å². The van der Waals surface area contributed by atoms with Gasteiger partial charge in [0.15, 0.2) is 18.0 Å². The van der Waals surface area contributed by atoms with Crippen molar-refractivity contribution >= 4 is 29.0 Å². The van der Waals surface area contributed by atoms with E-state index in [1.54, 1.807) is 48.8 Å². The monoisotopic (exact) mass is 333 g/mol. The molecular formula is C18H10ClN4O+. The average molecular weight is 334 g/mol. The van der Waals surface area contributed by atoms with Crippen molar-refractivity contribution in [1.29, 1.82) is 15.9 Å². The largest absolute Gasteiger partial charge is 0.282 e. The summed E-state index contributed by atoms with van der Waals surface area (Å²) < 4.78 is 1.43. The molecule has 0 atom stereocenters. The third-order valence-electron chi connectivity index (χ3n) is 3.13. The molecule has 0 aliphatic heterocycles. The molecular weight excluding hydrogens is 324 g/mol. The number of hydrogen-bond acceptors (Lipinski definition) is 4. The summed E-state index contributed by atoms with van der Waals surface area (Å²) >= 11 is 5.84. The molecule has 0 aliphatic rings. The van der Waals surface area contributed by atoms with Crippen molar-refractivity contribution < 1.29 is 9.36 Å². The second kappa shape index (κ2) is 7.67. The van der Waals surface area contributed by atoms with Crippen molar-refractivity contribution in [3.05, 3.63) is 76.6 Å². The van der Waals surface area contributed by atoms with Crippen molar-refractivity contribution in [2.24, 2.45) is 0 Å². The van der Waals surface area contributed by atoms with Gasteiger partial charge >= 0.3 is 0 Å². The molecule has 0 fully saturated rings. The van der Waals surface area contributed by atoms with E-state index >= 15 is 0 Å². The molecule has 1 aromatic carbocycles. The molecule has 0 amide bonds. The Hall–Kier alpha value is -3.50. The first-order valence-corrected chi connectivity index (χ1v) is 7.11. The summed E-state index contributed by atoms with van der Waals surface area (Å²) in [6, 6.07) is 14.9. The maximum absolute atomic E-state index is 12.9. The Kier molecular flexibility index (Phi) is 5.39. The summed E-state index contributed by atoms with van der Waals surface area (Å²) in [5.74, 6) is 1.44. The maximum Gasteiger partial charge on any atom is 0.278 e. The highest BCUT2D eigenvalue weighted by molar-refractivity contribution is 6.31. The molecule has 6 heteroatoms. The molecule has 0 saturated heterocycles. The van der Waals surface area contributed by atoms with Crippen LogP contribution in [0.5, 0.6) is 0 Å². The van der Waals surface area contributed by atoms with Crippen LogP contribution in [0.1, 0.15) is 10.4 Å². The predicted molar refractivity (Wildman–Crippen MR) is 88.1 cm³/mol. The molecule has 114 valence electrons. The number of hydrogen-bond donors (Lipinski definition) is 1. The van der Waals surface area contributed by atoms with E-state index in [9.17, 15) is 10.1 Å². The van der Waals surface area contributed by atoms with Gasteiger partial charge in [-0.15, -0.1) is 0 Å². The van der Waals surface area contributed by atoms with Crippen LogP contribution in [0.4, 0.5) is 0 Å². The highest BCUT2D eigenvalue weighted by Crippen LogP contribution is 2.18. The van der Waals surface area contributed by atoms with E-state index in [1.807, 2.05) is 11.9 Å². The Morgan fingerprint density at radius 2 is 1.67 bits per heavy atom. The van der Waals surface area contributed by atoms with Crippen LogP contribution in [-0.4, -0.2) is 11.7 Å². The SMILES string of the molecule is N#CC(=C=N)/C(C#N)=C(/C(=O)c1ccc(Cl)cc1)[n+]1ccccc1. The van der Waals surface area contributed by atoms with E-state index in [0.717, 1.165) is 0 Å². The van der Waals surface area contributed by atoms with Gasteiger partial charge in [-0.25, -0.2) is 0 Å². The van der Waals surface area contributed by atoms with Crippen LogP contribution in [-0.2, 0) is 0 Å². The topological polar surface area (TPSA) is 92.4 Å². The van der Waals surface area contributed by atoms with E-state index in [1.165, 1.54) is 16.7 Å². The first-order valence-electron chi connectivity index (χ1n) is 6.74. The van der Waals surface area contributed by atoms with Crippen LogP contribution in [0.15, 0.2) is 66.0 Å². The third-order valence-corrected chi connectivity index (χ3v) is 3.38. The van der Waals surface area contributed by atoms with Crippen LogP contribution in [0, 0.1) is 28.1 Å². The van der Waals surface area contributed by atoms with Gasteiger partial charge in [-0.05, 0) is 30.1 Å². The third kappa shape index (κ3) is 3.45. The van der Waals surface area contributed by atoms with Crippen molar-refractivity contribution in [3.8, 4) is 12.1 Å². The zero-order valence-electron chi connectivity index (χ0n) is 12.3. The standard InChI is InChI=1S/C18H10ClN4O/c19-15-6-4-13(5-7-15)18(24)17(23-8-2-1-3-9-23)16(12-22)14(10-20)11-21/h1-9,20H/q+1/b17-16-. The molecule has 2 aromatic rings. The van der Waals surface area contributed by atoms with Gasteiger partial charge in [-0.2, -0.15) is 15.1 Å². The van der Waals surface area contributed by atoms with Crippen LogP contribution in [0.2, 0.25) is 5.02 Å². The minimum Gasteiger partial charge on any atom is -0.282 e. The summed E-state index contributed by atoms with van der Waals surface area (Å²) in [4.78, 5) is 12.9. The molecule has 2 rings (SSSR count). The van der Waals surface area contributed by atoms with Crippen LogP contribution in [0.3, 0.4) is 0 Å². The van der Waals surface area contributed by atoms with Gasteiger partial charge in [0, 0.05) is 22.7 Å². The number of nitrogens with zero attached hydrogens (tertiary/aromatic N) is 3. The van der Waals surface area contributed by atoms with Crippen molar-refractivity contribution in [2.75, 3.05) is 0 Å². The second-order valence-corrected chi connectivity index (χ2v) is 5.00. The lowest BCUT2D eigenvalue weighted by Crippen LogP contribution is -2.37. The molecule has 0 radical (unpaired) electrons. The Balaban J connectivity index is 2.76. The normalized spacial score (nSPS) is 10.6. The van der Waals surface area contributed by atoms with E-state index in [-0.39, 0.29) is 16.8 Å². The highest BCUT2D eigenvalue weighted by Gasteiger charge is 2.29. The molecule has 1 aromatic heterocycles. The Morgan fingerprint density at radius 3 is 2.17 bits per heavy atom. The first-order chi connectivity index (χ1) is 11.6. The molecule has 0 saturated carbocycles. The molecule has 24 heavy (non-hydrogen) atoms. The molecule has 1 heterocycles. The lowest BCUT2D eigenvalue weighted by Gasteiger charge is -2.04. The first kappa shape index (κ1) is 16.9. The summed E-state index contributed by atoms with van der Waals surface area (Å²) in [6.45, 7) is 0. The Bertz CT molecular complexity index is 941. The number of Topliss-reactive ketones (excluding diaryl/α,β-unsaturated/α-hetero) is 1. The van der Waals surface area contributed by atoms with E-state index in [2.05, 4.69) is 0 Å². The minimum atomic E-state index is -0.470. The average Bonchev–Trinajstić information content (AvgIpc) is 2.63. The number of carbonyl (C=O) groups excluding carboxylic acids is 1. The fourth-order valence-corrected chi connectivity index (χ4v) is 2.15. The summed E-state index contributed by atoms with van der Waals surface area (Å²) in [7, 11) is 0. The second-order valence-electron chi connectivity index (χ2n) is 4.57. The maximum atomic E-state index is 12.9. The van der Waals surface area contributed by atoms with Gasteiger partial charge in [0.1, 0.15) is 17.7 Å². The van der Waals surface area contributed by atoms with E-state index < -0.39 is 5.78 Å². The van der Waals surface area contributed by atoms with Crippen molar-refractivity contribution in [2.45, 2.75) is 0 Å². The number of rotatable bonds is 4. The van der Waals surface area contributed by atoms with Gasteiger partial charge in [-0.1, -0.05) is 17.7 Å². The number of pyridine rings is 1. The molecule has 0 bridgehead atoms. The summed E-state index contributed by atoms with van der Waals surface area (Å²) in [5, 5.41) is 26.2. The van der Waals surface area contributed by atoms with Gasteiger partial charge in [-0.3, -0.25) is 10.2 Å². The molecule has 5 nitrogen and oxygen atoms in total. The lowest BCUT2D eigenvalue weighted by molar-refractivity contribution is -0.577. The number of benzene rings is 1. The lowest BCUT2D eigenvalue weighted by atomic mass is 10.0. The molecule has 1 N–H and O–H groups in total. The van der Waals surface area contributed by atoms with Gasteiger partial charge in [0.2, 0.25) is 0 Å². The summed E-state index contributed by atoms with van der Waals surface area (Å²) in [5.41, 5.74) is -0.257. The van der Waals surface area contributed by atoms with E-state index in [0.29, 0.717) is 10.6 Å². The van der Waals surface area contributed by atoms with Crippen molar-refractivity contribution in [1.82, 2.24) is 0 Å². The summed E-state index contributed by atoms with van der Waals surface area (Å²) in [6.07, 6.45) is 3.17. The highest BCUT2D eigenvalue weighted by atomic mass is 35.5. The van der Waals surface area contributed by atoms with Crippen LogP contribution >= 0.6 is 11.6 Å². The Morgan fingerprint density at radius 1 is 1.04 bits per heavy atom. The predicted octanol–water partition coefficient (Wildman–Crippen LogP) is 2.94. The van der Waals surface area contributed by atoms with Gasteiger partial charge in [0.05, 0.1) is 0 Å². The van der Waals surface area contributed by atoms with Crippen molar-refractivity contribution in [3.63, 3.8) is 0 Å². The fraction of sp³-hybridized carbons (Fsp3) is 0.